The van der Waals surface area contributed by atoms with Crippen LogP contribution in [0.3, 0.4) is 0 Å². The van der Waals surface area contributed by atoms with Crippen molar-refractivity contribution in [1.82, 2.24) is 0 Å². The van der Waals surface area contributed by atoms with Crippen LogP contribution in [0.5, 0.6) is 5.75 Å². The number of carboxylic acid groups (broad SMARTS) is 1. The van der Waals surface area contributed by atoms with Gasteiger partial charge in [0.1, 0.15) is 5.75 Å². The van der Waals surface area contributed by atoms with Crippen LogP contribution in [0.1, 0.15) is 26.2 Å². The smallest absolute Gasteiger partial charge is 0.344 e. The molecule has 0 aliphatic rings. The van der Waals surface area contributed by atoms with Gasteiger partial charge in [0, 0.05) is 15.8 Å². The molecule has 0 heterocycles. The van der Waals surface area contributed by atoms with Crippen molar-refractivity contribution in [2.45, 2.75) is 32.3 Å². The Morgan fingerprint density at radius 2 is 1.95 bits per heavy atom. The average Bonchev–Trinajstić information content (AvgIpc) is 2.45. The molecule has 2 aromatic carbocycles. The molecule has 2 rings (SSSR count). The van der Waals surface area contributed by atoms with Crippen LogP contribution in [-0.2, 0) is 4.79 Å². The Balaban J connectivity index is 2.32. The molecular weight excluding hydrogens is 276 g/mol. The predicted molar refractivity (Wildman–Crippen MR) is 80.5 cm³/mol. The molecular formula is C16H17ClO3. The van der Waals surface area contributed by atoms with Crippen molar-refractivity contribution in [1.29, 1.82) is 0 Å². The Labute approximate surface area is 123 Å². The highest BCUT2D eigenvalue weighted by molar-refractivity contribution is 6.35. The molecule has 4 heteroatoms. The summed E-state index contributed by atoms with van der Waals surface area (Å²) in [5.74, 6) is -0.369. The number of unbranched alkanes of at least 4 members (excludes halogenated alkanes) is 1. The van der Waals surface area contributed by atoms with Crippen molar-refractivity contribution < 1.29 is 14.6 Å². The quantitative estimate of drug-likeness (QED) is 0.851. The Hall–Kier alpha value is -1.74. The Bertz CT molecular complexity index is 610. The van der Waals surface area contributed by atoms with Crippen LogP contribution in [-0.4, -0.2) is 17.2 Å². The first-order valence-corrected chi connectivity index (χ1v) is 7.08. The number of fused-ring (bicyclic) bond motifs is 1. The second-order valence-corrected chi connectivity index (χ2v) is 5.09. The van der Waals surface area contributed by atoms with E-state index in [1.165, 1.54) is 0 Å². The van der Waals surface area contributed by atoms with Gasteiger partial charge in [-0.1, -0.05) is 49.2 Å². The van der Waals surface area contributed by atoms with Gasteiger partial charge in [-0.2, -0.15) is 0 Å². The molecule has 0 aliphatic carbocycles. The molecule has 1 N–H and O–H groups in total. The summed E-state index contributed by atoms with van der Waals surface area (Å²) in [6.07, 6.45) is 1.44. The van der Waals surface area contributed by atoms with Crippen LogP contribution in [0.4, 0.5) is 0 Å². The molecule has 0 spiro atoms. The Morgan fingerprint density at radius 3 is 2.60 bits per heavy atom. The van der Waals surface area contributed by atoms with Crippen LogP contribution in [0, 0.1) is 0 Å². The standard InChI is InChI=1S/C16H17ClO3/c1-2-3-8-15(16(18)19)20-14-10-9-13(17)11-6-4-5-7-12(11)14/h4-7,9-10,15H,2-3,8H2,1H3,(H,18,19). The maximum absolute atomic E-state index is 11.3. The number of benzene rings is 2. The maximum Gasteiger partial charge on any atom is 0.344 e. The van der Waals surface area contributed by atoms with Crippen molar-refractivity contribution in [2.75, 3.05) is 0 Å². The van der Waals surface area contributed by atoms with Crippen LogP contribution in [0.2, 0.25) is 5.02 Å². The molecule has 3 nitrogen and oxygen atoms in total. The summed E-state index contributed by atoms with van der Waals surface area (Å²) in [5.41, 5.74) is 0. The van der Waals surface area contributed by atoms with Crippen molar-refractivity contribution in [3.8, 4) is 5.75 Å². The van der Waals surface area contributed by atoms with Gasteiger partial charge in [0.15, 0.2) is 6.10 Å². The SMILES string of the molecule is CCCCC(Oc1ccc(Cl)c2ccccc12)C(=O)O. The third-order valence-corrected chi connectivity index (χ3v) is 3.52. The molecule has 0 aromatic heterocycles. The number of carbonyl (C=O) groups is 1. The van der Waals surface area contributed by atoms with E-state index in [2.05, 4.69) is 0 Å². The Kier molecular flexibility index (Phi) is 4.85. The molecule has 0 aliphatic heterocycles. The summed E-state index contributed by atoms with van der Waals surface area (Å²) in [5, 5.41) is 11.6. The molecule has 0 saturated heterocycles. The van der Waals surface area contributed by atoms with Crippen LogP contribution in [0.15, 0.2) is 36.4 Å². The molecule has 0 amide bonds. The Morgan fingerprint density at radius 1 is 1.25 bits per heavy atom. The average molecular weight is 293 g/mol. The second-order valence-electron chi connectivity index (χ2n) is 4.68. The highest BCUT2D eigenvalue weighted by Crippen LogP contribution is 2.32. The third kappa shape index (κ3) is 3.23. The van der Waals surface area contributed by atoms with Gasteiger partial charge in [0.05, 0.1) is 0 Å². The molecule has 0 bridgehead atoms. The van der Waals surface area contributed by atoms with E-state index in [0.717, 1.165) is 23.6 Å². The molecule has 0 saturated carbocycles. The number of hydrogen-bond acceptors (Lipinski definition) is 2. The summed E-state index contributed by atoms with van der Waals surface area (Å²) >= 11 is 6.14. The summed E-state index contributed by atoms with van der Waals surface area (Å²) in [6.45, 7) is 2.02. The van der Waals surface area contributed by atoms with Crippen LogP contribution >= 0.6 is 11.6 Å². The minimum absolute atomic E-state index is 0.503. The lowest BCUT2D eigenvalue weighted by atomic mass is 10.1. The molecule has 106 valence electrons. The second kappa shape index (κ2) is 6.62. The summed E-state index contributed by atoms with van der Waals surface area (Å²) in [4.78, 5) is 11.3. The number of aliphatic carboxylic acids is 1. The fourth-order valence-electron chi connectivity index (χ4n) is 2.11. The first-order valence-electron chi connectivity index (χ1n) is 6.70. The van der Waals surface area contributed by atoms with Crippen molar-refractivity contribution >= 4 is 28.3 Å². The number of carboxylic acids is 1. The molecule has 0 radical (unpaired) electrons. The summed E-state index contributed by atoms with van der Waals surface area (Å²) < 4.78 is 5.69. The predicted octanol–water partition coefficient (Wildman–Crippen LogP) is 4.52. The first kappa shape index (κ1) is 14.7. The molecule has 20 heavy (non-hydrogen) atoms. The van der Waals surface area contributed by atoms with Crippen molar-refractivity contribution in [3.63, 3.8) is 0 Å². The van der Waals surface area contributed by atoms with E-state index < -0.39 is 12.1 Å². The molecule has 0 fully saturated rings. The minimum atomic E-state index is -0.933. The largest absolute Gasteiger partial charge is 0.479 e. The van der Waals surface area contributed by atoms with E-state index in [1.54, 1.807) is 12.1 Å². The van der Waals surface area contributed by atoms with Crippen LogP contribution < -0.4 is 4.74 Å². The van der Waals surface area contributed by atoms with Crippen LogP contribution in [0.25, 0.3) is 10.8 Å². The number of ether oxygens (including phenoxy) is 1. The zero-order valence-electron chi connectivity index (χ0n) is 11.3. The minimum Gasteiger partial charge on any atom is -0.479 e. The van der Waals surface area contributed by atoms with Gasteiger partial charge in [-0.3, -0.25) is 0 Å². The van der Waals surface area contributed by atoms with Gasteiger partial charge < -0.3 is 9.84 Å². The zero-order valence-corrected chi connectivity index (χ0v) is 12.1. The van der Waals surface area contributed by atoms with Gasteiger partial charge in [0.25, 0.3) is 0 Å². The lowest BCUT2D eigenvalue weighted by Crippen LogP contribution is -2.26. The van der Waals surface area contributed by atoms with E-state index >= 15 is 0 Å². The van der Waals surface area contributed by atoms with Crippen molar-refractivity contribution in [3.05, 3.63) is 41.4 Å². The first-order chi connectivity index (χ1) is 9.63. The third-order valence-electron chi connectivity index (χ3n) is 3.20. The summed E-state index contributed by atoms with van der Waals surface area (Å²) in [7, 11) is 0. The lowest BCUT2D eigenvalue weighted by molar-refractivity contribution is -0.145. The monoisotopic (exact) mass is 292 g/mol. The normalized spacial score (nSPS) is 12.3. The van der Waals surface area contributed by atoms with E-state index in [0.29, 0.717) is 17.2 Å². The topological polar surface area (TPSA) is 46.5 Å². The van der Waals surface area contributed by atoms with Gasteiger partial charge >= 0.3 is 5.97 Å². The lowest BCUT2D eigenvalue weighted by Gasteiger charge is -2.16. The van der Waals surface area contributed by atoms with E-state index in [-0.39, 0.29) is 0 Å². The number of rotatable bonds is 6. The fraction of sp³-hybridized carbons (Fsp3) is 0.312. The highest BCUT2D eigenvalue weighted by atomic mass is 35.5. The fourth-order valence-corrected chi connectivity index (χ4v) is 2.34. The van der Waals surface area contributed by atoms with E-state index in [9.17, 15) is 9.90 Å². The summed E-state index contributed by atoms with van der Waals surface area (Å²) in [6, 6.07) is 11.0. The number of hydrogen-bond donors (Lipinski definition) is 1. The highest BCUT2D eigenvalue weighted by Gasteiger charge is 2.19. The van der Waals surface area contributed by atoms with Gasteiger partial charge in [0.2, 0.25) is 0 Å². The van der Waals surface area contributed by atoms with E-state index in [4.69, 9.17) is 16.3 Å². The van der Waals surface area contributed by atoms with Gasteiger partial charge in [-0.15, -0.1) is 0 Å². The van der Waals surface area contributed by atoms with Gasteiger partial charge in [-0.25, -0.2) is 4.79 Å². The molecule has 2 aromatic rings. The zero-order chi connectivity index (χ0) is 14.5. The van der Waals surface area contributed by atoms with E-state index in [1.807, 2.05) is 31.2 Å². The maximum atomic E-state index is 11.3. The number of halogens is 1. The van der Waals surface area contributed by atoms with Gasteiger partial charge in [-0.05, 0) is 25.0 Å². The molecule has 1 atom stereocenters. The van der Waals surface area contributed by atoms with Crippen molar-refractivity contribution in [2.24, 2.45) is 0 Å². The molecule has 1 unspecified atom stereocenters.